The summed E-state index contributed by atoms with van der Waals surface area (Å²) in [5.41, 5.74) is 3.75. The summed E-state index contributed by atoms with van der Waals surface area (Å²) in [6.07, 6.45) is 3.95. The number of carbonyl (C=O) groups is 1. The third kappa shape index (κ3) is 4.16. The Morgan fingerprint density at radius 2 is 1.86 bits per heavy atom. The van der Waals surface area contributed by atoms with Crippen LogP contribution in [0.25, 0.3) is 0 Å². The first-order chi connectivity index (χ1) is 14.0. The van der Waals surface area contributed by atoms with Crippen LogP contribution in [-0.2, 0) is 0 Å². The lowest BCUT2D eigenvalue weighted by molar-refractivity contribution is 0.0996. The van der Waals surface area contributed by atoms with Crippen LogP contribution in [-0.4, -0.2) is 23.9 Å². The number of hydrogen-bond acceptors (Lipinski definition) is 4. The van der Waals surface area contributed by atoms with Gasteiger partial charge in [0.05, 0.1) is 12.3 Å². The van der Waals surface area contributed by atoms with Crippen LogP contribution in [0.15, 0.2) is 53.1 Å². The summed E-state index contributed by atoms with van der Waals surface area (Å²) >= 11 is 1.65. The van der Waals surface area contributed by atoms with Gasteiger partial charge in [0.2, 0.25) is 0 Å². The lowest BCUT2D eigenvalue weighted by Crippen LogP contribution is -2.37. The summed E-state index contributed by atoms with van der Waals surface area (Å²) < 4.78 is 5.30. The number of thiophene rings is 1. The molecule has 4 rings (SSSR count). The molecule has 0 saturated carbocycles. The zero-order valence-electron chi connectivity index (χ0n) is 17.3. The van der Waals surface area contributed by atoms with Crippen molar-refractivity contribution >= 4 is 22.2 Å². The highest BCUT2D eigenvalue weighted by Gasteiger charge is 2.31. The van der Waals surface area contributed by atoms with Crippen LogP contribution in [0.2, 0.25) is 0 Å². The Kier molecular flexibility index (Phi) is 5.88. The zero-order valence-corrected chi connectivity index (χ0v) is 18.1. The van der Waals surface area contributed by atoms with Gasteiger partial charge in [0.15, 0.2) is 5.76 Å². The maximum atomic E-state index is 12.7. The van der Waals surface area contributed by atoms with Crippen LogP contribution in [0, 0.1) is 19.8 Å². The van der Waals surface area contributed by atoms with E-state index in [1.807, 2.05) is 0 Å². The van der Waals surface area contributed by atoms with Crippen LogP contribution in [0.4, 0.5) is 5.00 Å². The van der Waals surface area contributed by atoms with Gasteiger partial charge in [-0.1, -0.05) is 37.3 Å². The minimum Gasteiger partial charge on any atom is -0.459 e. The molecule has 1 fully saturated rings. The van der Waals surface area contributed by atoms with Crippen molar-refractivity contribution in [2.45, 2.75) is 39.7 Å². The van der Waals surface area contributed by atoms with Gasteiger partial charge in [-0.3, -0.25) is 9.69 Å². The van der Waals surface area contributed by atoms with E-state index in [1.54, 1.807) is 23.5 Å². The molecule has 5 heteroatoms. The Balaban J connectivity index is 1.75. The molecule has 3 heterocycles. The molecule has 1 aliphatic heterocycles. The van der Waals surface area contributed by atoms with Gasteiger partial charge in [0, 0.05) is 10.4 Å². The summed E-state index contributed by atoms with van der Waals surface area (Å²) in [7, 11) is 0. The van der Waals surface area contributed by atoms with Gasteiger partial charge in [0.1, 0.15) is 5.00 Å². The molecule has 3 aromatic rings. The highest BCUT2D eigenvalue weighted by atomic mass is 32.1. The second-order valence-electron chi connectivity index (χ2n) is 7.99. The SMILES string of the molecule is Cc1sc(NC(=O)c2ccco2)c([C@H](c2ccccc2)N2CCC(C)CC2)c1C. The predicted octanol–water partition coefficient (Wildman–Crippen LogP) is 6.03. The van der Waals surface area contributed by atoms with Crippen molar-refractivity contribution in [2.75, 3.05) is 18.4 Å². The molecule has 0 spiro atoms. The number of likely N-dealkylation sites (tertiary alicyclic amines) is 1. The molecule has 1 saturated heterocycles. The number of aryl methyl sites for hydroxylation is 1. The number of anilines is 1. The number of piperidine rings is 1. The van der Waals surface area contributed by atoms with Crippen molar-refractivity contribution < 1.29 is 9.21 Å². The van der Waals surface area contributed by atoms with E-state index in [9.17, 15) is 4.79 Å². The molecule has 1 aliphatic rings. The molecular weight excluding hydrogens is 380 g/mol. The molecule has 1 atom stereocenters. The Hall–Kier alpha value is -2.37. The van der Waals surface area contributed by atoms with Crippen LogP contribution < -0.4 is 5.32 Å². The average molecular weight is 409 g/mol. The van der Waals surface area contributed by atoms with E-state index in [4.69, 9.17) is 4.42 Å². The average Bonchev–Trinajstić information content (AvgIpc) is 3.35. The van der Waals surface area contributed by atoms with Crippen molar-refractivity contribution in [2.24, 2.45) is 5.92 Å². The van der Waals surface area contributed by atoms with Gasteiger partial charge >= 0.3 is 0 Å². The Bertz CT molecular complexity index is 954. The molecule has 2 aromatic heterocycles. The molecule has 0 unspecified atom stereocenters. The highest BCUT2D eigenvalue weighted by molar-refractivity contribution is 7.16. The molecule has 29 heavy (non-hydrogen) atoms. The Labute approximate surface area is 176 Å². The second-order valence-corrected chi connectivity index (χ2v) is 9.21. The number of nitrogens with one attached hydrogen (secondary N) is 1. The van der Waals surface area contributed by atoms with E-state index in [2.05, 4.69) is 61.3 Å². The van der Waals surface area contributed by atoms with Gasteiger partial charge < -0.3 is 9.73 Å². The van der Waals surface area contributed by atoms with Gasteiger partial charge in [0.25, 0.3) is 5.91 Å². The van der Waals surface area contributed by atoms with E-state index < -0.39 is 0 Å². The number of amides is 1. The standard InChI is InChI=1S/C24H28N2O2S/c1-16-11-13-26(14-12-16)22(19-8-5-4-6-9-19)21-17(2)18(3)29-24(21)25-23(27)20-10-7-15-28-20/h4-10,15-16,22H,11-14H2,1-3H3,(H,25,27)/t22-/m0/s1. The van der Waals surface area contributed by atoms with Gasteiger partial charge in [-0.2, -0.15) is 0 Å². The van der Waals surface area contributed by atoms with Crippen molar-refractivity contribution in [1.29, 1.82) is 0 Å². The number of hydrogen-bond donors (Lipinski definition) is 1. The normalized spacial score (nSPS) is 16.7. The van der Waals surface area contributed by atoms with Crippen LogP contribution in [0.3, 0.4) is 0 Å². The summed E-state index contributed by atoms with van der Waals surface area (Å²) in [4.78, 5) is 16.5. The number of carbonyl (C=O) groups excluding carboxylic acids is 1. The lowest BCUT2D eigenvalue weighted by Gasteiger charge is -2.37. The fourth-order valence-corrected chi connectivity index (χ4v) is 5.21. The predicted molar refractivity (Wildman–Crippen MR) is 119 cm³/mol. The smallest absolute Gasteiger partial charge is 0.291 e. The summed E-state index contributed by atoms with van der Waals surface area (Å²) in [6.45, 7) is 8.78. The topological polar surface area (TPSA) is 45.5 Å². The first kappa shape index (κ1) is 19.9. The van der Waals surface area contributed by atoms with Crippen LogP contribution >= 0.6 is 11.3 Å². The molecule has 4 nitrogen and oxygen atoms in total. The molecule has 0 aliphatic carbocycles. The van der Waals surface area contributed by atoms with Crippen molar-refractivity contribution in [1.82, 2.24) is 4.90 Å². The summed E-state index contributed by atoms with van der Waals surface area (Å²) in [6, 6.07) is 14.2. The third-order valence-electron chi connectivity index (χ3n) is 5.98. The molecule has 1 N–H and O–H groups in total. The van der Waals surface area contributed by atoms with Crippen LogP contribution in [0.5, 0.6) is 0 Å². The van der Waals surface area contributed by atoms with E-state index in [1.165, 1.54) is 40.7 Å². The fourth-order valence-electron chi connectivity index (χ4n) is 4.12. The van der Waals surface area contributed by atoms with E-state index in [-0.39, 0.29) is 11.9 Å². The van der Waals surface area contributed by atoms with Gasteiger partial charge in [-0.15, -0.1) is 11.3 Å². The van der Waals surface area contributed by atoms with Crippen molar-refractivity contribution in [3.63, 3.8) is 0 Å². The minimum absolute atomic E-state index is 0.139. The monoisotopic (exact) mass is 408 g/mol. The zero-order chi connectivity index (χ0) is 20.4. The molecule has 0 radical (unpaired) electrons. The number of nitrogens with zero attached hydrogens (tertiary/aromatic N) is 1. The Morgan fingerprint density at radius 1 is 1.14 bits per heavy atom. The van der Waals surface area contributed by atoms with Gasteiger partial charge in [-0.05, 0) is 69.0 Å². The quantitative estimate of drug-likeness (QED) is 0.560. The third-order valence-corrected chi connectivity index (χ3v) is 7.11. The summed E-state index contributed by atoms with van der Waals surface area (Å²) in [5, 5.41) is 4.06. The lowest BCUT2D eigenvalue weighted by atomic mass is 9.91. The molecular formula is C24H28N2O2S. The first-order valence-electron chi connectivity index (χ1n) is 10.3. The second kappa shape index (κ2) is 8.56. The maximum Gasteiger partial charge on any atom is 0.291 e. The number of furan rings is 1. The van der Waals surface area contributed by atoms with E-state index in [0.29, 0.717) is 5.76 Å². The fraction of sp³-hybridized carbons (Fsp3) is 0.375. The Morgan fingerprint density at radius 3 is 2.52 bits per heavy atom. The maximum absolute atomic E-state index is 12.7. The van der Waals surface area contributed by atoms with Crippen molar-refractivity contribution in [3.8, 4) is 0 Å². The first-order valence-corrected chi connectivity index (χ1v) is 11.1. The number of benzene rings is 1. The molecule has 1 aromatic carbocycles. The molecule has 0 bridgehead atoms. The van der Waals surface area contributed by atoms with Gasteiger partial charge in [-0.25, -0.2) is 0 Å². The summed E-state index contributed by atoms with van der Waals surface area (Å²) in [5.74, 6) is 0.908. The minimum atomic E-state index is -0.198. The largest absolute Gasteiger partial charge is 0.459 e. The van der Waals surface area contributed by atoms with E-state index in [0.717, 1.165) is 24.0 Å². The van der Waals surface area contributed by atoms with E-state index >= 15 is 0 Å². The molecule has 152 valence electrons. The highest BCUT2D eigenvalue weighted by Crippen LogP contribution is 2.43. The van der Waals surface area contributed by atoms with Crippen molar-refractivity contribution in [3.05, 3.63) is 76.1 Å². The molecule has 1 amide bonds. The van der Waals surface area contributed by atoms with Crippen LogP contribution in [0.1, 0.15) is 57.9 Å². The number of rotatable bonds is 5.